The molecule has 11 unspecified atom stereocenters. The molecular formula is C62H116O14. The summed E-state index contributed by atoms with van der Waals surface area (Å²) in [6, 6.07) is 0. The van der Waals surface area contributed by atoms with E-state index in [-0.39, 0.29) is 25.6 Å². The van der Waals surface area contributed by atoms with Crippen LogP contribution in [0.1, 0.15) is 264 Å². The van der Waals surface area contributed by atoms with E-state index < -0.39 is 80.7 Å². The van der Waals surface area contributed by atoms with Crippen molar-refractivity contribution in [2.75, 3.05) is 33.0 Å². The maximum absolute atomic E-state index is 13.1. The molecule has 0 aromatic carbocycles. The predicted molar refractivity (Wildman–Crippen MR) is 303 cm³/mol. The molecule has 0 saturated carbocycles. The van der Waals surface area contributed by atoms with Crippen molar-refractivity contribution in [3.05, 3.63) is 24.3 Å². The summed E-state index contributed by atoms with van der Waals surface area (Å²) in [5, 5.41) is 72.4. The molecule has 2 aliphatic heterocycles. The molecule has 2 aliphatic rings. The molecular weight excluding hydrogens is 969 g/mol. The Labute approximate surface area is 462 Å². The Morgan fingerprint density at radius 1 is 0.434 bits per heavy atom. The molecule has 2 heterocycles. The summed E-state index contributed by atoms with van der Waals surface area (Å²) in [6.45, 7) is 3.71. The predicted octanol–water partition coefficient (Wildman–Crippen LogP) is 11.9. The van der Waals surface area contributed by atoms with Gasteiger partial charge in [-0.1, -0.05) is 237 Å². The summed E-state index contributed by atoms with van der Waals surface area (Å²) < 4.78 is 34.4. The van der Waals surface area contributed by atoms with Crippen molar-refractivity contribution in [2.24, 2.45) is 0 Å². The van der Waals surface area contributed by atoms with Gasteiger partial charge in [0.1, 0.15) is 54.9 Å². The van der Waals surface area contributed by atoms with Crippen molar-refractivity contribution >= 4 is 5.97 Å². The lowest BCUT2D eigenvalue weighted by molar-refractivity contribution is -0.332. The number of carbonyl (C=O) groups excluding carboxylic acids is 1. The van der Waals surface area contributed by atoms with Crippen LogP contribution in [0.15, 0.2) is 24.3 Å². The Hall–Kier alpha value is -1.53. The second kappa shape index (κ2) is 49.3. The highest BCUT2D eigenvalue weighted by Crippen LogP contribution is 2.27. The molecule has 0 aromatic heterocycles. The first kappa shape index (κ1) is 70.6. The quantitative estimate of drug-likeness (QED) is 0.0172. The number of aliphatic hydroxyl groups is 7. The van der Waals surface area contributed by atoms with Crippen LogP contribution >= 0.6 is 0 Å². The zero-order valence-corrected chi connectivity index (χ0v) is 48.3. The molecule has 2 rings (SSSR count). The van der Waals surface area contributed by atoms with Gasteiger partial charge in [0.05, 0.1) is 26.4 Å². The van der Waals surface area contributed by atoms with Gasteiger partial charge < -0.3 is 64.2 Å². The standard InChI is InChI=1S/C62H116O14/c1-3-5-7-9-11-13-15-17-19-21-22-23-24-25-26-27-28-29-30-32-34-36-38-40-42-44-46-71-48-51(74-54(64)45-43-41-39-37-35-33-31-20-18-16-14-12-10-8-6-4-2)49-72-61-60(70)58(68)56(66)53(76-61)50-73-62-59(69)57(67)55(65)52(47-63)75-62/h14,16,20,31,51-53,55-63,65-70H,3-13,15,17-19,21-30,32-50H2,1-2H3/b16-14-,31-20-. The van der Waals surface area contributed by atoms with E-state index in [1.165, 1.54) is 173 Å². The van der Waals surface area contributed by atoms with Crippen molar-refractivity contribution in [3.63, 3.8) is 0 Å². The van der Waals surface area contributed by atoms with Gasteiger partial charge in [0.2, 0.25) is 0 Å². The van der Waals surface area contributed by atoms with Gasteiger partial charge in [-0.2, -0.15) is 0 Å². The number of ether oxygens (including phenoxy) is 6. The van der Waals surface area contributed by atoms with Crippen molar-refractivity contribution in [1.29, 1.82) is 0 Å². The number of rotatable bonds is 52. The molecule has 0 aromatic rings. The van der Waals surface area contributed by atoms with Gasteiger partial charge in [0.25, 0.3) is 0 Å². The molecule has 0 amide bonds. The first-order valence-electron chi connectivity index (χ1n) is 31.4. The van der Waals surface area contributed by atoms with Gasteiger partial charge >= 0.3 is 5.97 Å². The van der Waals surface area contributed by atoms with Crippen LogP contribution in [-0.4, -0.2) is 142 Å². The van der Waals surface area contributed by atoms with Gasteiger partial charge in [-0.3, -0.25) is 4.79 Å². The zero-order chi connectivity index (χ0) is 55.1. The zero-order valence-electron chi connectivity index (χ0n) is 48.3. The first-order chi connectivity index (χ1) is 37.1. The first-order valence-corrected chi connectivity index (χ1v) is 31.4. The molecule has 76 heavy (non-hydrogen) atoms. The third kappa shape index (κ3) is 35.3. The van der Waals surface area contributed by atoms with E-state index in [1.54, 1.807) is 0 Å². The number of allylic oxidation sites excluding steroid dienone is 4. The third-order valence-electron chi connectivity index (χ3n) is 15.2. The summed E-state index contributed by atoms with van der Waals surface area (Å²) in [5.41, 5.74) is 0. The number of esters is 1. The molecule has 14 heteroatoms. The van der Waals surface area contributed by atoms with E-state index in [9.17, 15) is 40.5 Å². The Balaban J connectivity index is 1.65. The number of carbonyl (C=O) groups is 1. The van der Waals surface area contributed by atoms with Crippen molar-refractivity contribution in [1.82, 2.24) is 0 Å². The molecule has 0 spiro atoms. The lowest BCUT2D eigenvalue weighted by Gasteiger charge is -2.42. The van der Waals surface area contributed by atoms with Crippen LogP contribution in [0.5, 0.6) is 0 Å². The molecule has 7 N–H and O–H groups in total. The van der Waals surface area contributed by atoms with Crippen molar-refractivity contribution in [3.8, 4) is 0 Å². The molecule has 448 valence electrons. The van der Waals surface area contributed by atoms with Crippen LogP contribution in [0.4, 0.5) is 0 Å². The highest BCUT2D eigenvalue weighted by atomic mass is 16.7. The van der Waals surface area contributed by atoms with E-state index in [1.807, 2.05) is 0 Å². The van der Waals surface area contributed by atoms with E-state index >= 15 is 0 Å². The van der Waals surface area contributed by atoms with Gasteiger partial charge in [-0.15, -0.1) is 0 Å². The summed E-state index contributed by atoms with van der Waals surface area (Å²) in [7, 11) is 0. The lowest BCUT2D eigenvalue weighted by atomic mass is 9.98. The second-order valence-corrected chi connectivity index (χ2v) is 22.2. The smallest absolute Gasteiger partial charge is 0.306 e. The Morgan fingerprint density at radius 3 is 1.28 bits per heavy atom. The van der Waals surface area contributed by atoms with E-state index in [0.717, 1.165) is 64.2 Å². The van der Waals surface area contributed by atoms with Gasteiger partial charge in [-0.25, -0.2) is 0 Å². The van der Waals surface area contributed by atoms with Crippen LogP contribution in [-0.2, 0) is 33.2 Å². The summed E-state index contributed by atoms with van der Waals surface area (Å²) in [4.78, 5) is 13.1. The highest BCUT2D eigenvalue weighted by Gasteiger charge is 2.47. The Morgan fingerprint density at radius 2 is 0.816 bits per heavy atom. The fraction of sp³-hybridized carbons (Fsp3) is 0.919. The third-order valence-corrected chi connectivity index (χ3v) is 15.2. The normalized spacial score (nSPS) is 24.5. The van der Waals surface area contributed by atoms with Crippen LogP contribution in [0, 0.1) is 0 Å². The molecule has 2 saturated heterocycles. The maximum Gasteiger partial charge on any atom is 0.306 e. The van der Waals surface area contributed by atoms with Crippen LogP contribution in [0.2, 0.25) is 0 Å². The number of hydrogen-bond acceptors (Lipinski definition) is 14. The molecule has 0 radical (unpaired) electrons. The van der Waals surface area contributed by atoms with E-state index in [0.29, 0.717) is 13.0 Å². The van der Waals surface area contributed by atoms with Crippen molar-refractivity contribution in [2.45, 2.75) is 332 Å². The van der Waals surface area contributed by atoms with Gasteiger partial charge in [0.15, 0.2) is 12.6 Å². The average molecular weight is 1090 g/mol. The minimum absolute atomic E-state index is 0.0606. The minimum Gasteiger partial charge on any atom is -0.457 e. The average Bonchev–Trinajstić information content (AvgIpc) is 3.42. The Kier molecular flexibility index (Phi) is 45.8. The van der Waals surface area contributed by atoms with Crippen LogP contribution in [0.3, 0.4) is 0 Å². The Bertz CT molecular complexity index is 1350. The van der Waals surface area contributed by atoms with Crippen molar-refractivity contribution < 1.29 is 69.0 Å². The van der Waals surface area contributed by atoms with Crippen LogP contribution in [0.25, 0.3) is 0 Å². The molecule has 14 nitrogen and oxygen atoms in total. The number of aliphatic hydroxyl groups excluding tert-OH is 7. The molecule has 11 atom stereocenters. The summed E-state index contributed by atoms with van der Waals surface area (Å²) in [6.07, 6.45) is 41.1. The molecule has 0 bridgehead atoms. The highest BCUT2D eigenvalue weighted by molar-refractivity contribution is 5.69. The maximum atomic E-state index is 13.1. The minimum atomic E-state index is -1.71. The topological polar surface area (TPSA) is 214 Å². The number of unbranched alkanes of at least 4 members (excludes halogenated alkanes) is 34. The van der Waals surface area contributed by atoms with Gasteiger partial charge in [0, 0.05) is 13.0 Å². The monoisotopic (exact) mass is 1080 g/mol. The second-order valence-electron chi connectivity index (χ2n) is 22.2. The lowest BCUT2D eigenvalue weighted by Crippen LogP contribution is -2.61. The summed E-state index contributed by atoms with van der Waals surface area (Å²) >= 11 is 0. The SMILES string of the molecule is CCCCCC/C=C\C/C=C\CCCCCCCC(=O)OC(COCCCCCCCCCCCCCCCCCCCCCCCCCCCC)COC1OC(COC2OC(CO)C(O)C(O)C2O)C(O)C(O)C1O. The van der Waals surface area contributed by atoms with Gasteiger partial charge in [-0.05, 0) is 44.9 Å². The molecule has 2 fully saturated rings. The fourth-order valence-electron chi connectivity index (χ4n) is 10.1. The summed E-state index contributed by atoms with van der Waals surface area (Å²) in [5.74, 6) is -0.384. The van der Waals surface area contributed by atoms with E-state index in [2.05, 4.69) is 38.2 Å². The molecule has 0 aliphatic carbocycles. The van der Waals surface area contributed by atoms with Crippen LogP contribution < -0.4 is 0 Å². The largest absolute Gasteiger partial charge is 0.457 e. The fourth-order valence-corrected chi connectivity index (χ4v) is 10.1. The van der Waals surface area contributed by atoms with E-state index in [4.69, 9.17) is 28.4 Å². The number of hydrogen-bond donors (Lipinski definition) is 7.